The Morgan fingerprint density at radius 3 is 1.52 bits per heavy atom. The van der Waals surface area contributed by atoms with Gasteiger partial charge in [0, 0.05) is 32.7 Å². The van der Waals surface area contributed by atoms with Gasteiger partial charge in [0.1, 0.15) is 11.2 Å². The molecule has 0 saturated carbocycles. The summed E-state index contributed by atoms with van der Waals surface area (Å²) in [7, 11) is 0. The Morgan fingerprint density at radius 2 is 0.821 bits per heavy atom. The van der Waals surface area contributed by atoms with Gasteiger partial charge in [-0.15, -0.1) is 0 Å². The van der Waals surface area contributed by atoms with E-state index < -0.39 is 0 Å². The second-order valence-corrected chi connectivity index (χ2v) is 14.1. The average molecular weight is 717 g/mol. The van der Waals surface area contributed by atoms with Crippen molar-refractivity contribution in [3.05, 3.63) is 194 Å². The van der Waals surface area contributed by atoms with E-state index >= 15 is 0 Å². The molecule has 0 aliphatic heterocycles. The molecule has 0 saturated heterocycles. The van der Waals surface area contributed by atoms with Crippen LogP contribution in [0.5, 0.6) is 0 Å². The van der Waals surface area contributed by atoms with E-state index in [2.05, 4.69) is 138 Å². The van der Waals surface area contributed by atoms with Crippen molar-refractivity contribution in [1.29, 1.82) is 0 Å². The lowest BCUT2D eigenvalue weighted by molar-refractivity contribution is 0.669. The van der Waals surface area contributed by atoms with Gasteiger partial charge in [-0.05, 0) is 88.0 Å². The second-order valence-electron chi connectivity index (χ2n) is 14.1. The monoisotopic (exact) mass is 716 g/mol. The second kappa shape index (κ2) is 13.0. The van der Waals surface area contributed by atoms with Crippen LogP contribution in [0.3, 0.4) is 0 Å². The number of furan rings is 1. The number of hydrogen-bond donors (Lipinski definition) is 0. The lowest BCUT2D eigenvalue weighted by atomic mass is 9.93. The number of benzene rings is 8. The van der Waals surface area contributed by atoms with Gasteiger partial charge in [-0.25, -0.2) is 4.98 Å². The van der Waals surface area contributed by atoms with E-state index in [1.165, 1.54) is 22.3 Å². The lowest BCUT2D eigenvalue weighted by Gasteiger charge is -2.13. The maximum absolute atomic E-state index is 6.17. The standard InChI is InChI=1S/C51H32N4O/c1-4-14-33(15-5-1)38-28-39(34-16-6-2-7-17-34)30-40(29-38)36-24-26-42-41-20-10-12-22-45(41)55(46(42)32-36)51-53-49(35-18-8-3-9-19-35)52-50(54-51)37-25-27-48-44(31-37)43-21-11-13-23-47(43)56-48/h1-32H. The van der Waals surface area contributed by atoms with Crippen LogP contribution in [-0.4, -0.2) is 19.5 Å². The van der Waals surface area contributed by atoms with E-state index in [9.17, 15) is 0 Å². The maximum Gasteiger partial charge on any atom is 0.238 e. The molecule has 0 radical (unpaired) electrons. The molecule has 0 atom stereocenters. The van der Waals surface area contributed by atoms with Gasteiger partial charge in [-0.2, -0.15) is 9.97 Å². The number of hydrogen-bond acceptors (Lipinski definition) is 4. The molecule has 0 N–H and O–H groups in total. The Balaban J connectivity index is 1.14. The predicted molar refractivity (Wildman–Crippen MR) is 229 cm³/mol. The van der Waals surface area contributed by atoms with E-state index in [0.29, 0.717) is 17.6 Å². The third-order valence-electron chi connectivity index (χ3n) is 10.6. The summed E-state index contributed by atoms with van der Waals surface area (Å²) in [4.78, 5) is 15.6. The first kappa shape index (κ1) is 31.9. The maximum atomic E-state index is 6.17. The summed E-state index contributed by atoms with van der Waals surface area (Å²) >= 11 is 0. The Labute approximate surface area is 322 Å². The van der Waals surface area contributed by atoms with Gasteiger partial charge in [0.05, 0.1) is 11.0 Å². The molecule has 3 aromatic heterocycles. The van der Waals surface area contributed by atoms with Crippen LogP contribution in [0.15, 0.2) is 199 Å². The zero-order chi connectivity index (χ0) is 37.0. The summed E-state index contributed by atoms with van der Waals surface area (Å²) < 4.78 is 8.36. The third-order valence-corrected chi connectivity index (χ3v) is 10.6. The average Bonchev–Trinajstić information content (AvgIpc) is 3.82. The molecule has 8 aromatic carbocycles. The summed E-state index contributed by atoms with van der Waals surface area (Å²) in [6.45, 7) is 0. The molecule has 11 aromatic rings. The zero-order valence-corrected chi connectivity index (χ0v) is 30.2. The minimum Gasteiger partial charge on any atom is -0.456 e. The SMILES string of the molecule is c1ccc(-c2cc(-c3ccccc3)cc(-c3ccc4c5ccccc5n(-c5nc(-c6ccccc6)nc(-c6ccc7oc8ccccc8c7c6)n5)c4c3)c2)cc1. The minimum atomic E-state index is 0.553. The van der Waals surface area contributed by atoms with Crippen LogP contribution in [0.1, 0.15) is 0 Å². The highest BCUT2D eigenvalue weighted by Crippen LogP contribution is 2.38. The van der Waals surface area contributed by atoms with Crippen molar-refractivity contribution in [2.24, 2.45) is 0 Å². The van der Waals surface area contributed by atoms with Crippen LogP contribution in [-0.2, 0) is 0 Å². The molecule has 56 heavy (non-hydrogen) atoms. The number of rotatable bonds is 6. The topological polar surface area (TPSA) is 56.7 Å². The number of aromatic nitrogens is 4. The van der Waals surface area contributed by atoms with Crippen molar-refractivity contribution in [2.75, 3.05) is 0 Å². The van der Waals surface area contributed by atoms with E-state index in [1.54, 1.807) is 0 Å². The van der Waals surface area contributed by atoms with Crippen LogP contribution in [0, 0.1) is 0 Å². The molecule has 0 spiro atoms. The molecular weight excluding hydrogens is 685 g/mol. The van der Waals surface area contributed by atoms with E-state index in [4.69, 9.17) is 19.4 Å². The highest BCUT2D eigenvalue weighted by molar-refractivity contribution is 6.10. The molecule has 5 nitrogen and oxygen atoms in total. The van der Waals surface area contributed by atoms with Gasteiger partial charge in [-0.1, -0.05) is 140 Å². The van der Waals surface area contributed by atoms with E-state index in [0.717, 1.165) is 66.0 Å². The summed E-state index contributed by atoms with van der Waals surface area (Å²) in [6, 6.07) is 67.7. The number of para-hydroxylation sites is 2. The van der Waals surface area contributed by atoms with Crippen LogP contribution >= 0.6 is 0 Å². The Bertz CT molecular complexity index is 3180. The molecule has 0 aliphatic carbocycles. The third kappa shape index (κ3) is 5.45. The van der Waals surface area contributed by atoms with E-state index in [-0.39, 0.29) is 0 Å². The van der Waals surface area contributed by atoms with Crippen molar-refractivity contribution in [1.82, 2.24) is 19.5 Å². The first-order chi connectivity index (χ1) is 27.7. The normalized spacial score (nSPS) is 11.6. The fraction of sp³-hybridized carbons (Fsp3) is 0. The molecule has 0 fully saturated rings. The predicted octanol–water partition coefficient (Wildman–Crippen LogP) is 13.2. The fourth-order valence-corrected chi connectivity index (χ4v) is 7.93. The largest absolute Gasteiger partial charge is 0.456 e. The first-order valence-corrected chi connectivity index (χ1v) is 18.8. The van der Waals surface area contributed by atoms with Gasteiger partial charge in [0.15, 0.2) is 11.6 Å². The summed E-state index contributed by atoms with van der Waals surface area (Å²) in [5.74, 6) is 1.75. The fourth-order valence-electron chi connectivity index (χ4n) is 7.93. The summed E-state index contributed by atoms with van der Waals surface area (Å²) in [6.07, 6.45) is 0. The smallest absolute Gasteiger partial charge is 0.238 e. The lowest BCUT2D eigenvalue weighted by Crippen LogP contribution is -2.06. The molecule has 3 heterocycles. The van der Waals surface area contributed by atoms with Crippen LogP contribution in [0.4, 0.5) is 0 Å². The Kier molecular flexibility index (Phi) is 7.42. The van der Waals surface area contributed by atoms with Gasteiger partial charge in [0.2, 0.25) is 5.95 Å². The van der Waals surface area contributed by atoms with Crippen molar-refractivity contribution in [3.8, 4) is 62.1 Å². The van der Waals surface area contributed by atoms with Gasteiger partial charge >= 0.3 is 0 Å². The molecule has 0 amide bonds. The molecule has 5 heteroatoms. The molecule has 0 aliphatic rings. The van der Waals surface area contributed by atoms with Crippen molar-refractivity contribution >= 4 is 43.7 Å². The van der Waals surface area contributed by atoms with Gasteiger partial charge in [0.25, 0.3) is 0 Å². The van der Waals surface area contributed by atoms with Gasteiger partial charge < -0.3 is 4.42 Å². The number of fused-ring (bicyclic) bond motifs is 6. The van der Waals surface area contributed by atoms with Crippen molar-refractivity contribution in [2.45, 2.75) is 0 Å². The Hall–Kier alpha value is -7.63. The highest BCUT2D eigenvalue weighted by atomic mass is 16.3. The summed E-state index contributed by atoms with van der Waals surface area (Å²) in [5, 5.41) is 4.34. The zero-order valence-electron chi connectivity index (χ0n) is 30.2. The van der Waals surface area contributed by atoms with E-state index in [1.807, 2.05) is 60.7 Å². The van der Waals surface area contributed by atoms with Crippen LogP contribution < -0.4 is 0 Å². The molecule has 262 valence electrons. The Morgan fingerprint density at radius 1 is 0.304 bits per heavy atom. The van der Waals surface area contributed by atoms with Crippen molar-refractivity contribution in [3.63, 3.8) is 0 Å². The van der Waals surface area contributed by atoms with Gasteiger partial charge in [-0.3, -0.25) is 4.57 Å². The van der Waals surface area contributed by atoms with Crippen LogP contribution in [0.2, 0.25) is 0 Å². The minimum absolute atomic E-state index is 0.553. The molecule has 11 rings (SSSR count). The first-order valence-electron chi connectivity index (χ1n) is 18.8. The number of nitrogens with zero attached hydrogens (tertiary/aromatic N) is 4. The highest BCUT2D eigenvalue weighted by Gasteiger charge is 2.20. The molecule has 0 bridgehead atoms. The van der Waals surface area contributed by atoms with Crippen LogP contribution in [0.25, 0.3) is 106 Å². The van der Waals surface area contributed by atoms with Crippen molar-refractivity contribution < 1.29 is 4.42 Å². The molecule has 0 unspecified atom stereocenters. The summed E-state index contributed by atoms with van der Waals surface area (Å²) in [5.41, 5.74) is 12.4. The molecular formula is C51H32N4O. The quantitative estimate of drug-likeness (QED) is 0.172.